The first-order valence-corrected chi connectivity index (χ1v) is 12.3. The van der Waals surface area contributed by atoms with Crippen molar-refractivity contribution in [3.05, 3.63) is 77.4 Å². The van der Waals surface area contributed by atoms with Crippen LogP contribution in [0.4, 0.5) is 25.8 Å². The Balaban J connectivity index is 1.12. The van der Waals surface area contributed by atoms with Gasteiger partial charge in [-0.1, -0.05) is 24.3 Å². The first-order chi connectivity index (χ1) is 18.9. The summed E-state index contributed by atoms with van der Waals surface area (Å²) < 4.78 is 10.1. The van der Waals surface area contributed by atoms with E-state index in [2.05, 4.69) is 26.6 Å². The third kappa shape index (κ3) is 7.39. The molecule has 5 N–H and O–H groups in total. The van der Waals surface area contributed by atoms with E-state index >= 15 is 0 Å². The number of nitriles is 1. The fourth-order valence-corrected chi connectivity index (χ4v) is 4.12. The van der Waals surface area contributed by atoms with E-state index in [1.807, 2.05) is 30.3 Å². The number of hydrogen-bond donors (Lipinski definition) is 5. The smallest absolute Gasteiger partial charge is 0.411 e. The number of nitrogens with zero attached hydrogens (tertiary/aromatic N) is 1. The van der Waals surface area contributed by atoms with Crippen LogP contribution in [0.2, 0.25) is 0 Å². The molecule has 0 saturated heterocycles. The van der Waals surface area contributed by atoms with Crippen molar-refractivity contribution in [2.75, 3.05) is 30.8 Å². The number of anilines is 2. The monoisotopic (exact) mass is 528 g/mol. The summed E-state index contributed by atoms with van der Waals surface area (Å²) in [6, 6.07) is 17.7. The first-order valence-electron chi connectivity index (χ1n) is 12.3. The van der Waals surface area contributed by atoms with E-state index in [1.165, 1.54) is 7.05 Å². The number of benzene rings is 3. The Morgan fingerprint density at radius 2 is 1.59 bits per heavy atom. The third-order valence-corrected chi connectivity index (χ3v) is 5.99. The highest BCUT2D eigenvalue weighted by atomic mass is 16.5. The van der Waals surface area contributed by atoms with Crippen LogP contribution in [0.15, 0.2) is 60.7 Å². The van der Waals surface area contributed by atoms with Crippen molar-refractivity contribution in [1.29, 1.82) is 5.26 Å². The van der Waals surface area contributed by atoms with Crippen LogP contribution in [-0.2, 0) is 17.7 Å². The fraction of sp³-hybridized carbons (Fsp3) is 0.214. The van der Waals surface area contributed by atoms with Gasteiger partial charge in [0.25, 0.3) is 6.26 Å². The Kier molecular flexibility index (Phi) is 8.82. The lowest BCUT2D eigenvalue weighted by molar-refractivity contribution is 0.160. The Morgan fingerprint density at radius 3 is 2.33 bits per heavy atom. The summed E-state index contributed by atoms with van der Waals surface area (Å²) in [5, 5.41) is 22.0. The lowest BCUT2D eigenvalue weighted by Gasteiger charge is -2.10. The fourth-order valence-electron chi connectivity index (χ4n) is 4.12. The van der Waals surface area contributed by atoms with Crippen molar-refractivity contribution >= 4 is 29.5 Å². The maximum atomic E-state index is 12.2. The van der Waals surface area contributed by atoms with Gasteiger partial charge in [0.1, 0.15) is 5.75 Å². The topological polar surface area (TPSA) is 154 Å². The van der Waals surface area contributed by atoms with Gasteiger partial charge in [0, 0.05) is 31.5 Å². The second-order valence-electron chi connectivity index (χ2n) is 8.69. The molecule has 0 heterocycles. The molecule has 3 aromatic carbocycles. The minimum absolute atomic E-state index is 0.143. The molecule has 3 aromatic rings. The average Bonchev–Trinajstić information content (AvgIpc) is 3.29. The summed E-state index contributed by atoms with van der Waals surface area (Å²) >= 11 is 0. The number of hydrogen-bond acceptors (Lipinski definition) is 6. The highest BCUT2D eigenvalue weighted by molar-refractivity contribution is 5.89. The van der Waals surface area contributed by atoms with Crippen molar-refractivity contribution in [3.63, 3.8) is 0 Å². The van der Waals surface area contributed by atoms with Crippen LogP contribution in [-0.4, -0.2) is 38.4 Å². The zero-order chi connectivity index (χ0) is 27.6. The number of carbonyl (C=O) groups excluding carboxylic acids is 3. The molecule has 5 amide bonds. The molecular formula is C28H28N6O5. The third-order valence-electron chi connectivity index (χ3n) is 5.99. The molecule has 11 nitrogen and oxygen atoms in total. The molecule has 1 aliphatic carbocycles. The SMILES string of the molecule is CNC(=O)Nc1ccc(CNC(=O)NCCCOC(=O)Nc2ccc3c(c2)Cc2cc(OC#N)ccc2-3)cc1. The van der Waals surface area contributed by atoms with Crippen LogP contribution in [0.25, 0.3) is 11.1 Å². The van der Waals surface area contributed by atoms with Gasteiger partial charge in [-0.05, 0) is 77.1 Å². The Labute approximate surface area is 225 Å². The number of urea groups is 2. The van der Waals surface area contributed by atoms with Gasteiger partial charge in [-0.3, -0.25) is 5.32 Å². The van der Waals surface area contributed by atoms with Crippen molar-refractivity contribution < 1.29 is 23.9 Å². The predicted octanol–water partition coefficient (Wildman–Crippen LogP) is 4.31. The van der Waals surface area contributed by atoms with Crippen molar-refractivity contribution in [2.24, 2.45) is 0 Å². The molecular weight excluding hydrogens is 500 g/mol. The number of nitrogens with one attached hydrogen (secondary N) is 5. The summed E-state index contributed by atoms with van der Waals surface area (Å²) in [4.78, 5) is 35.5. The molecule has 0 radical (unpaired) electrons. The van der Waals surface area contributed by atoms with Crippen LogP contribution >= 0.6 is 0 Å². The van der Waals surface area contributed by atoms with E-state index in [0.29, 0.717) is 43.1 Å². The van der Waals surface area contributed by atoms with Crippen molar-refractivity contribution in [1.82, 2.24) is 16.0 Å². The molecule has 0 aromatic heterocycles. The second-order valence-corrected chi connectivity index (χ2v) is 8.69. The van der Waals surface area contributed by atoms with E-state index in [1.54, 1.807) is 36.6 Å². The Morgan fingerprint density at radius 1 is 0.872 bits per heavy atom. The van der Waals surface area contributed by atoms with Crippen molar-refractivity contribution in [3.8, 4) is 23.1 Å². The Bertz CT molecular complexity index is 1400. The van der Waals surface area contributed by atoms with E-state index in [9.17, 15) is 14.4 Å². The summed E-state index contributed by atoms with van der Waals surface area (Å²) in [5.74, 6) is 0.501. The first kappa shape index (κ1) is 26.8. The summed E-state index contributed by atoms with van der Waals surface area (Å²) in [6.07, 6.45) is 2.23. The minimum Gasteiger partial charge on any atom is -0.449 e. The second kappa shape index (κ2) is 12.8. The molecule has 0 spiro atoms. The average molecular weight is 529 g/mol. The zero-order valence-corrected chi connectivity index (χ0v) is 21.3. The largest absolute Gasteiger partial charge is 0.449 e. The molecule has 200 valence electrons. The molecule has 1 aliphatic rings. The normalized spacial score (nSPS) is 10.8. The number of amides is 5. The number of rotatable bonds is 9. The summed E-state index contributed by atoms with van der Waals surface area (Å²) in [7, 11) is 1.54. The van der Waals surface area contributed by atoms with Gasteiger partial charge in [-0.2, -0.15) is 0 Å². The van der Waals surface area contributed by atoms with Crippen LogP contribution in [0, 0.1) is 11.5 Å². The van der Waals surface area contributed by atoms with Gasteiger partial charge in [-0.25, -0.2) is 14.4 Å². The summed E-state index contributed by atoms with van der Waals surface area (Å²) in [5.41, 5.74) is 6.41. The highest BCUT2D eigenvalue weighted by Gasteiger charge is 2.20. The maximum Gasteiger partial charge on any atom is 0.411 e. The van der Waals surface area contributed by atoms with E-state index in [4.69, 9.17) is 14.7 Å². The number of fused-ring (bicyclic) bond motifs is 3. The van der Waals surface area contributed by atoms with E-state index in [0.717, 1.165) is 27.8 Å². The van der Waals surface area contributed by atoms with E-state index in [-0.39, 0.29) is 18.7 Å². The van der Waals surface area contributed by atoms with Gasteiger partial charge >= 0.3 is 18.2 Å². The molecule has 0 unspecified atom stereocenters. The molecule has 0 fully saturated rings. The molecule has 0 aliphatic heterocycles. The van der Waals surface area contributed by atoms with Gasteiger partial charge in [0.15, 0.2) is 0 Å². The lowest BCUT2D eigenvalue weighted by Crippen LogP contribution is -2.36. The quantitative estimate of drug-likeness (QED) is 0.161. The van der Waals surface area contributed by atoms with Gasteiger partial charge < -0.3 is 30.7 Å². The van der Waals surface area contributed by atoms with Crippen LogP contribution in [0.5, 0.6) is 5.75 Å². The maximum absolute atomic E-state index is 12.2. The number of ether oxygens (including phenoxy) is 2. The number of carbonyl (C=O) groups is 3. The van der Waals surface area contributed by atoms with Crippen LogP contribution in [0.1, 0.15) is 23.1 Å². The summed E-state index contributed by atoms with van der Waals surface area (Å²) in [6.45, 7) is 0.804. The molecule has 39 heavy (non-hydrogen) atoms. The van der Waals surface area contributed by atoms with Crippen LogP contribution < -0.4 is 31.3 Å². The van der Waals surface area contributed by atoms with Crippen LogP contribution in [0.3, 0.4) is 0 Å². The standard InChI is InChI=1S/C28H28N6O5/c1-30-26(35)33-21-5-3-18(4-6-21)16-32-27(36)31-11-2-12-38-28(37)34-22-7-9-24-19(14-22)13-20-15-23(39-17-29)8-10-25(20)24/h3-10,14-15H,2,11-13,16H2,1H3,(H,34,37)(H2,30,33,35)(H2,31,32,36). The van der Waals surface area contributed by atoms with Crippen molar-refractivity contribution in [2.45, 2.75) is 19.4 Å². The minimum atomic E-state index is -0.575. The molecule has 0 atom stereocenters. The highest BCUT2D eigenvalue weighted by Crippen LogP contribution is 2.39. The molecule has 4 rings (SSSR count). The lowest BCUT2D eigenvalue weighted by atomic mass is 10.1. The molecule has 11 heteroatoms. The van der Waals surface area contributed by atoms with Gasteiger partial charge in [-0.15, -0.1) is 5.26 Å². The predicted molar refractivity (Wildman–Crippen MR) is 145 cm³/mol. The molecule has 0 saturated carbocycles. The van der Waals surface area contributed by atoms with E-state index < -0.39 is 6.09 Å². The van der Waals surface area contributed by atoms with Gasteiger partial charge in [0.05, 0.1) is 6.61 Å². The zero-order valence-electron chi connectivity index (χ0n) is 21.3. The Hall–Kier alpha value is -5.24. The molecule has 0 bridgehead atoms. The van der Waals surface area contributed by atoms with Gasteiger partial charge in [0.2, 0.25) is 0 Å².